The third-order valence-electron chi connectivity index (χ3n) is 2.88. The molecule has 0 aliphatic heterocycles. The van der Waals surface area contributed by atoms with Crippen molar-refractivity contribution >= 4 is 17.0 Å². The van der Waals surface area contributed by atoms with E-state index in [1.165, 1.54) is 22.6 Å². The largest absolute Gasteiger partial charge is 0.380 e. The Balaban J connectivity index is 2.08. The second-order valence-corrected chi connectivity index (χ2v) is 4.60. The van der Waals surface area contributed by atoms with E-state index >= 15 is 0 Å². The van der Waals surface area contributed by atoms with Crippen molar-refractivity contribution in [1.82, 2.24) is 4.57 Å². The number of nitrogens with zero attached hydrogens (tertiary/aromatic N) is 1. The van der Waals surface area contributed by atoms with E-state index < -0.39 is 0 Å². The van der Waals surface area contributed by atoms with Gasteiger partial charge in [0.2, 0.25) is 0 Å². The fraction of sp³-hybridized carbons (Fsp3) is 0.333. The molecule has 0 fully saturated rings. The molecule has 0 saturated heterocycles. The van der Waals surface area contributed by atoms with Crippen LogP contribution in [0, 0.1) is 13.8 Å². The normalized spacial score (nSPS) is 10.6. The summed E-state index contributed by atoms with van der Waals surface area (Å²) in [6.07, 6.45) is 0. The van der Waals surface area contributed by atoms with Crippen LogP contribution in [0.1, 0.15) is 17.0 Å². The summed E-state index contributed by atoms with van der Waals surface area (Å²) in [5.74, 6) is 0. The number of rotatable bonds is 3. The van der Waals surface area contributed by atoms with Gasteiger partial charge in [-0.25, -0.2) is 0 Å². The third-order valence-corrected chi connectivity index (χ3v) is 3.57. The maximum atomic E-state index is 3.42. The maximum absolute atomic E-state index is 3.42. The molecular formula is C12H16N2S. The molecule has 2 heterocycles. The van der Waals surface area contributed by atoms with Gasteiger partial charge in [-0.15, -0.1) is 0 Å². The van der Waals surface area contributed by atoms with E-state index in [2.05, 4.69) is 53.7 Å². The highest BCUT2D eigenvalue weighted by Gasteiger charge is 2.05. The van der Waals surface area contributed by atoms with E-state index in [1.54, 1.807) is 11.3 Å². The Morgan fingerprint density at radius 2 is 2.20 bits per heavy atom. The zero-order valence-electron chi connectivity index (χ0n) is 9.37. The van der Waals surface area contributed by atoms with Gasteiger partial charge in [-0.1, -0.05) is 0 Å². The van der Waals surface area contributed by atoms with Gasteiger partial charge in [0.05, 0.1) is 0 Å². The molecule has 0 atom stereocenters. The predicted molar refractivity (Wildman–Crippen MR) is 66.5 cm³/mol. The summed E-state index contributed by atoms with van der Waals surface area (Å²) < 4.78 is 2.23. The number of anilines is 1. The minimum Gasteiger partial charge on any atom is -0.380 e. The molecule has 0 bridgehead atoms. The van der Waals surface area contributed by atoms with E-state index in [9.17, 15) is 0 Å². The molecule has 0 aliphatic carbocycles. The lowest BCUT2D eigenvalue weighted by Crippen LogP contribution is -2.00. The molecule has 2 aromatic heterocycles. The Hall–Kier alpha value is -1.22. The average molecular weight is 220 g/mol. The van der Waals surface area contributed by atoms with Crippen molar-refractivity contribution < 1.29 is 0 Å². The monoisotopic (exact) mass is 220 g/mol. The molecule has 0 amide bonds. The van der Waals surface area contributed by atoms with Crippen molar-refractivity contribution in [2.24, 2.45) is 7.05 Å². The number of thiophene rings is 1. The van der Waals surface area contributed by atoms with Crippen LogP contribution in [0.2, 0.25) is 0 Å². The van der Waals surface area contributed by atoms with Crippen molar-refractivity contribution in [3.05, 3.63) is 39.8 Å². The summed E-state index contributed by atoms with van der Waals surface area (Å²) >= 11 is 1.72. The van der Waals surface area contributed by atoms with Gasteiger partial charge >= 0.3 is 0 Å². The zero-order valence-corrected chi connectivity index (χ0v) is 10.2. The summed E-state index contributed by atoms with van der Waals surface area (Å²) in [6.45, 7) is 5.21. The van der Waals surface area contributed by atoms with Gasteiger partial charge in [-0.3, -0.25) is 0 Å². The first-order valence-corrected chi connectivity index (χ1v) is 6.00. The fourth-order valence-electron chi connectivity index (χ4n) is 1.67. The van der Waals surface area contributed by atoms with Crippen LogP contribution in [0.15, 0.2) is 22.9 Å². The number of nitrogens with one attached hydrogen (secondary N) is 1. The predicted octanol–water partition coefficient (Wildman–Crippen LogP) is 3.32. The second kappa shape index (κ2) is 4.11. The molecular weight excluding hydrogens is 204 g/mol. The molecule has 0 spiro atoms. The van der Waals surface area contributed by atoms with Crippen LogP contribution in [0.4, 0.5) is 5.69 Å². The second-order valence-electron chi connectivity index (χ2n) is 3.82. The topological polar surface area (TPSA) is 17.0 Å². The van der Waals surface area contributed by atoms with E-state index in [0.717, 1.165) is 6.54 Å². The highest BCUT2D eigenvalue weighted by Crippen LogP contribution is 2.17. The summed E-state index contributed by atoms with van der Waals surface area (Å²) in [6, 6.07) is 4.35. The first-order valence-electron chi connectivity index (χ1n) is 5.06. The zero-order chi connectivity index (χ0) is 10.8. The molecule has 1 N–H and O–H groups in total. The first-order chi connectivity index (χ1) is 7.18. The van der Waals surface area contributed by atoms with Crippen LogP contribution in [-0.2, 0) is 13.6 Å². The Bertz CT molecular complexity index is 440. The molecule has 0 saturated carbocycles. The lowest BCUT2D eigenvalue weighted by atomic mass is 10.2. The van der Waals surface area contributed by atoms with Crippen LogP contribution in [-0.4, -0.2) is 4.57 Å². The summed E-state index contributed by atoms with van der Waals surface area (Å²) in [5.41, 5.74) is 5.24. The van der Waals surface area contributed by atoms with E-state index in [-0.39, 0.29) is 0 Å². The Morgan fingerprint density at radius 1 is 1.40 bits per heavy atom. The van der Waals surface area contributed by atoms with Crippen LogP contribution >= 0.6 is 11.3 Å². The SMILES string of the molecule is Cc1cc(CNc2ccsc2)c(C)n1C. The molecule has 0 aromatic carbocycles. The van der Waals surface area contributed by atoms with Crippen LogP contribution in [0.25, 0.3) is 0 Å². The van der Waals surface area contributed by atoms with Crippen molar-refractivity contribution in [2.45, 2.75) is 20.4 Å². The lowest BCUT2D eigenvalue weighted by molar-refractivity contribution is 0.837. The molecule has 0 radical (unpaired) electrons. The van der Waals surface area contributed by atoms with Gasteiger partial charge in [0.15, 0.2) is 0 Å². The van der Waals surface area contributed by atoms with Gasteiger partial charge in [0.25, 0.3) is 0 Å². The standard InChI is InChI=1S/C12H16N2S/c1-9-6-11(10(2)14(9)3)7-13-12-4-5-15-8-12/h4-6,8,13H,7H2,1-3H3. The number of aryl methyl sites for hydroxylation is 1. The van der Waals surface area contributed by atoms with Crippen molar-refractivity contribution in [1.29, 1.82) is 0 Å². The van der Waals surface area contributed by atoms with E-state index in [1.807, 2.05) is 0 Å². The van der Waals surface area contributed by atoms with Crippen LogP contribution < -0.4 is 5.32 Å². The number of aromatic nitrogens is 1. The van der Waals surface area contributed by atoms with Gasteiger partial charge < -0.3 is 9.88 Å². The third kappa shape index (κ3) is 2.07. The Morgan fingerprint density at radius 3 is 2.73 bits per heavy atom. The first kappa shape index (κ1) is 10.3. The average Bonchev–Trinajstić information content (AvgIpc) is 2.80. The van der Waals surface area contributed by atoms with Crippen molar-refractivity contribution in [3.8, 4) is 0 Å². The van der Waals surface area contributed by atoms with Gasteiger partial charge in [-0.05, 0) is 36.9 Å². The highest BCUT2D eigenvalue weighted by atomic mass is 32.1. The Kier molecular flexibility index (Phi) is 2.82. The molecule has 2 nitrogen and oxygen atoms in total. The smallest absolute Gasteiger partial charge is 0.0451 e. The van der Waals surface area contributed by atoms with E-state index in [4.69, 9.17) is 0 Å². The quantitative estimate of drug-likeness (QED) is 0.839. The minimum absolute atomic E-state index is 0.907. The summed E-state index contributed by atoms with van der Waals surface area (Å²) in [5, 5.41) is 7.64. The van der Waals surface area contributed by atoms with Crippen molar-refractivity contribution in [2.75, 3.05) is 5.32 Å². The maximum Gasteiger partial charge on any atom is 0.0451 e. The molecule has 2 rings (SSSR count). The molecule has 0 unspecified atom stereocenters. The Labute approximate surface area is 94.6 Å². The highest BCUT2D eigenvalue weighted by molar-refractivity contribution is 7.08. The molecule has 80 valence electrons. The molecule has 0 aliphatic rings. The molecule has 2 aromatic rings. The van der Waals surface area contributed by atoms with Crippen molar-refractivity contribution in [3.63, 3.8) is 0 Å². The summed E-state index contributed by atoms with van der Waals surface area (Å²) in [4.78, 5) is 0. The van der Waals surface area contributed by atoms with Gasteiger partial charge in [0.1, 0.15) is 0 Å². The lowest BCUT2D eigenvalue weighted by Gasteiger charge is -2.04. The summed E-state index contributed by atoms with van der Waals surface area (Å²) in [7, 11) is 2.11. The van der Waals surface area contributed by atoms with Crippen LogP contribution in [0.5, 0.6) is 0 Å². The molecule has 3 heteroatoms. The van der Waals surface area contributed by atoms with Gasteiger partial charge in [0, 0.05) is 36.0 Å². The molecule has 15 heavy (non-hydrogen) atoms. The van der Waals surface area contributed by atoms with Crippen LogP contribution in [0.3, 0.4) is 0 Å². The number of hydrogen-bond acceptors (Lipinski definition) is 2. The fourth-order valence-corrected chi connectivity index (χ4v) is 2.29. The van der Waals surface area contributed by atoms with E-state index in [0.29, 0.717) is 0 Å². The number of hydrogen-bond donors (Lipinski definition) is 1. The minimum atomic E-state index is 0.907. The van der Waals surface area contributed by atoms with Gasteiger partial charge in [-0.2, -0.15) is 11.3 Å².